The van der Waals surface area contributed by atoms with Crippen molar-refractivity contribution in [2.45, 2.75) is 76.4 Å². The van der Waals surface area contributed by atoms with Gasteiger partial charge in [0.15, 0.2) is 0 Å². The number of rotatable bonds is 2. The molecular formula is C26H33NS. The molecule has 0 bridgehead atoms. The van der Waals surface area contributed by atoms with Crippen molar-refractivity contribution in [1.82, 2.24) is 0 Å². The predicted octanol–water partition coefficient (Wildman–Crippen LogP) is 7.11. The molecule has 0 aromatic heterocycles. The normalized spacial score (nSPS) is 35.3. The van der Waals surface area contributed by atoms with E-state index in [-0.39, 0.29) is 4.75 Å². The van der Waals surface area contributed by atoms with Gasteiger partial charge in [0.2, 0.25) is 0 Å². The molecule has 1 nitrogen and oxygen atoms in total. The van der Waals surface area contributed by atoms with Crippen molar-refractivity contribution >= 4 is 11.8 Å². The Kier molecular flexibility index (Phi) is 4.74. The van der Waals surface area contributed by atoms with Gasteiger partial charge in [-0.1, -0.05) is 42.9 Å². The highest BCUT2D eigenvalue weighted by Gasteiger charge is 2.51. The molecule has 3 atom stereocenters. The minimum Gasteiger partial charge on any atom is -0.402 e. The second-order valence-electron chi connectivity index (χ2n) is 9.47. The Bertz CT molecular complexity index is 878. The van der Waals surface area contributed by atoms with Crippen LogP contribution in [0.15, 0.2) is 68.8 Å². The molecule has 0 aromatic carbocycles. The van der Waals surface area contributed by atoms with Gasteiger partial charge in [0.1, 0.15) is 0 Å². The van der Waals surface area contributed by atoms with Crippen LogP contribution in [0.2, 0.25) is 0 Å². The SMILES string of the molecule is CC1CCC=C(C2=CCCC3=C2SC2(C)C(C4=CCCC=C4)=C(N)CCC32)C1. The zero-order valence-electron chi connectivity index (χ0n) is 17.4. The molecule has 5 rings (SSSR count). The van der Waals surface area contributed by atoms with Gasteiger partial charge in [0.05, 0.1) is 4.75 Å². The molecular weight excluding hydrogens is 358 g/mol. The van der Waals surface area contributed by atoms with Crippen molar-refractivity contribution in [2.75, 3.05) is 0 Å². The number of nitrogens with two attached hydrogens (primary N) is 1. The van der Waals surface area contributed by atoms with Gasteiger partial charge in [0.25, 0.3) is 0 Å². The summed E-state index contributed by atoms with van der Waals surface area (Å²) < 4.78 is 0.102. The van der Waals surface area contributed by atoms with E-state index >= 15 is 0 Å². The van der Waals surface area contributed by atoms with E-state index in [0.29, 0.717) is 5.92 Å². The van der Waals surface area contributed by atoms with Crippen molar-refractivity contribution in [2.24, 2.45) is 17.6 Å². The zero-order chi connectivity index (χ0) is 19.3. The van der Waals surface area contributed by atoms with Gasteiger partial charge in [-0.2, -0.15) is 0 Å². The Morgan fingerprint density at radius 1 is 1.04 bits per heavy atom. The molecule has 0 aromatic rings. The summed E-state index contributed by atoms with van der Waals surface area (Å²) in [6.07, 6.45) is 23.1. The fraction of sp³-hybridized carbons (Fsp3) is 0.538. The van der Waals surface area contributed by atoms with Crippen molar-refractivity contribution in [3.63, 3.8) is 0 Å². The maximum Gasteiger partial charge on any atom is 0.0516 e. The third-order valence-corrected chi connectivity index (χ3v) is 9.07. The number of thioether (sulfide) groups is 1. The number of fused-ring (bicyclic) bond motifs is 2. The monoisotopic (exact) mass is 391 g/mol. The molecule has 0 saturated heterocycles. The summed E-state index contributed by atoms with van der Waals surface area (Å²) in [4.78, 5) is 1.62. The fourth-order valence-electron chi connectivity index (χ4n) is 6.11. The first-order valence-corrected chi connectivity index (χ1v) is 12.1. The molecule has 0 saturated carbocycles. The maximum atomic E-state index is 6.68. The Morgan fingerprint density at radius 2 is 1.93 bits per heavy atom. The lowest BCUT2D eigenvalue weighted by molar-refractivity contribution is 0.439. The number of hydrogen-bond donors (Lipinski definition) is 1. The Balaban J connectivity index is 1.54. The van der Waals surface area contributed by atoms with Gasteiger partial charge in [-0.05, 0) is 92.9 Å². The molecule has 1 heterocycles. The van der Waals surface area contributed by atoms with Crippen molar-refractivity contribution in [1.29, 1.82) is 0 Å². The molecule has 2 heteroatoms. The number of allylic oxidation sites excluding steroid dienone is 10. The van der Waals surface area contributed by atoms with Crippen LogP contribution in [0.3, 0.4) is 0 Å². The molecule has 4 aliphatic carbocycles. The molecule has 5 aliphatic rings. The van der Waals surface area contributed by atoms with E-state index in [4.69, 9.17) is 5.73 Å². The van der Waals surface area contributed by atoms with Crippen LogP contribution in [0.25, 0.3) is 0 Å². The van der Waals surface area contributed by atoms with E-state index in [1.165, 1.54) is 49.7 Å². The van der Waals surface area contributed by atoms with Crippen LogP contribution in [0.4, 0.5) is 0 Å². The van der Waals surface area contributed by atoms with E-state index < -0.39 is 0 Å². The summed E-state index contributed by atoms with van der Waals surface area (Å²) in [5.41, 5.74) is 15.6. The van der Waals surface area contributed by atoms with Crippen molar-refractivity contribution in [3.05, 3.63) is 68.8 Å². The highest BCUT2D eigenvalue weighted by atomic mass is 32.2. The lowest BCUT2D eigenvalue weighted by Crippen LogP contribution is -2.37. The first-order chi connectivity index (χ1) is 13.6. The molecule has 0 amide bonds. The summed E-state index contributed by atoms with van der Waals surface area (Å²) in [5.74, 6) is 1.47. The second-order valence-corrected chi connectivity index (χ2v) is 10.9. The van der Waals surface area contributed by atoms with Gasteiger partial charge >= 0.3 is 0 Å². The third-order valence-electron chi connectivity index (χ3n) is 7.47. The van der Waals surface area contributed by atoms with E-state index in [2.05, 4.69) is 56.0 Å². The van der Waals surface area contributed by atoms with Crippen LogP contribution >= 0.6 is 11.8 Å². The standard InChI is InChI=1S/C26H33NS/c1-17-8-6-11-19(16-17)20-12-7-13-21-22-14-15-23(27)24(18-9-4-3-5-10-18)26(22,2)28-25(20)21/h4,9-12,17,22H,3,5-8,13-16,27H2,1-2H3. The topological polar surface area (TPSA) is 26.0 Å². The predicted molar refractivity (Wildman–Crippen MR) is 122 cm³/mol. The average molecular weight is 392 g/mol. The Hall–Kier alpha value is -1.41. The van der Waals surface area contributed by atoms with Crippen LogP contribution in [-0.4, -0.2) is 4.75 Å². The first kappa shape index (κ1) is 18.6. The molecule has 0 spiro atoms. The molecule has 3 unspecified atom stereocenters. The minimum atomic E-state index is 0.102. The summed E-state index contributed by atoms with van der Waals surface area (Å²) in [5, 5.41) is 0. The fourth-order valence-corrected chi connectivity index (χ4v) is 7.99. The zero-order valence-corrected chi connectivity index (χ0v) is 18.2. The minimum absolute atomic E-state index is 0.102. The summed E-state index contributed by atoms with van der Waals surface area (Å²) >= 11 is 2.15. The van der Waals surface area contributed by atoms with Gasteiger partial charge in [-0.25, -0.2) is 0 Å². The van der Waals surface area contributed by atoms with Gasteiger partial charge in [0, 0.05) is 16.5 Å². The summed E-state index contributed by atoms with van der Waals surface area (Å²) in [7, 11) is 0. The van der Waals surface area contributed by atoms with E-state index in [0.717, 1.165) is 30.9 Å². The number of hydrogen-bond acceptors (Lipinski definition) is 2. The average Bonchev–Trinajstić information content (AvgIpc) is 3.00. The quantitative estimate of drug-likeness (QED) is 0.542. The highest BCUT2D eigenvalue weighted by molar-refractivity contribution is 8.05. The van der Waals surface area contributed by atoms with Crippen molar-refractivity contribution in [3.8, 4) is 0 Å². The van der Waals surface area contributed by atoms with E-state index in [9.17, 15) is 0 Å². The van der Waals surface area contributed by atoms with Crippen LogP contribution in [0, 0.1) is 11.8 Å². The lowest BCUT2D eigenvalue weighted by atomic mass is 9.69. The Labute approximate surface area is 174 Å². The molecule has 2 N–H and O–H groups in total. The highest BCUT2D eigenvalue weighted by Crippen LogP contribution is 2.63. The molecule has 0 radical (unpaired) electrons. The van der Waals surface area contributed by atoms with Gasteiger partial charge < -0.3 is 5.73 Å². The maximum absolute atomic E-state index is 6.68. The van der Waals surface area contributed by atoms with E-state index in [1.54, 1.807) is 21.6 Å². The molecule has 148 valence electrons. The second kappa shape index (κ2) is 7.13. The smallest absolute Gasteiger partial charge is 0.0516 e. The van der Waals surface area contributed by atoms with Gasteiger partial charge in [-0.15, -0.1) is 11.8 Å². The van der Waals surface area contributed by atoms with Crippen LogP contribution in [0.5, 0.6) is 0 Å². The first-order valence-electron chi connectivity index (χ1n) is 11.3. The Morgan fingerprint density at radius 3 is 2.71 bits per heavy atom. The van der Waals surface area contributed by atoms with Crippen LogP contribution in [0.1, 0.15) is 71.6 Å². The lowest BCUT2D eigenvalue weighted by Gasteiger charge is -2.41. The third kappa shape index (κ3) is 2.91. The summed E-state index contributed by atoms with van der Waals surface area (Å²) in [6.45, 7) is 4.90. The summed E-state index contributed by atoms with van der Waals surface area (Å²) in [6, 6.07) is 0. The van der Waals surface area contributed by atoms with Crippen LogP contribution in [-0.2, 0) is 0 Å². The van der Waals surface area contributed by atoms with Gasteiger partial charge in [-0.3, -0.25) is 0 Å². The van der Waals surface area contributed by atoms with E-state index in [1.807, 2.05) is 0 Å². The van der Waals surface area contributed by atoms with Crippen LogP contribution < -0.4 is 5.73 Å². The van der Waals surface area contributed by atoms with Crippen molar-refractivity contribution < 1.29 is 0 Å². The largest absolute Gasteiger partial charge is 0.402 e. The molecule has 28 heavy (non-hydrogen) atoms. The molecule has 0 fully saturated rings. The molecule has 1 aliphatic heterocycles.